The number of aryl methyl sites for hydroxylation is 1. The molecule has 1 aromatic heterocycles. The van der Waals surface area contributed by atoms with Crippen molar-refractivity contribution in [2.75, 3.05) is 49.6 Å². The van der Waals surface area contributed by atoms with Crippen molar-refractivity contribution in [3.05, 3.63) is 42.1 Å². The van der Waals surface area contributed by atoms with Crippen LogP contribution in [0.2, 0.25) is 0 Å². The molecule has 8 nitrogen and oxygen atoms in total. The number of sulfonamides is 1. The van der Waals surface area contributed by atoms with Crippen LogP contribution in [0.1, 0.15) is 5.69 Å². The van der Waals surface area contributed by atoms with Crippen LogP contribution in [0.5, 0.6) is 0 Å². The lowest BCUT2D eigenvalue weighted by Crippen LogP contribution is -2.37. The lowest BCUT2D eigenvalue weighted by atomic mass is 10.3. The van der Waals surface area contributed by atoms with E-state index in [0.29, 0.717) is 25.7 Å². The summed E-state index contributed by atoms with van der Waals surface area (Å²) in [5.41, 5.74) is 0.855. The van der Waals surface area contributed by atoms with Gasteiger partial charge in [0, 0.05) is 37.9 Å². The van der Waals surface area contributed by atoms with Crippen LogP contribution in [0.4, 0.5) is 11.8 Å². The second-order valence-electron chi connectivity index (χ2n) is 5.93. The molecular weight excluding hydrogens is 354 g/mol. The lowest BCUT2D eigenvalue weighted by Gasteiger charge is -2.28. The normalized spacial score (nSPS) is 15.0. The molecule has 1 aliphatic rings. The molecule has 0 bridgehead atoms. The fourth-order valence-electron chi connectivity index (χ4n) is 2.63. The summed E-state index contributed by atoms with van der Waals surface area (Å²) in [6, 6.07) is 10.2. The van der Waals surface area contributed by atoms with Gasteiger partial charge in [0.1, 0.15) is 5.82 Å². The molecular formula is C17H23N5O3S. The van der Waals surface area contributed by atoms with Crippen molar-refractivity contribution in [3.8, 4) is 0 Å². The third-order valence-corrected chi connectivity index (χ3v) is 5.41. The number of morpholine rings is 1. The van der Waals surface area contributed by atoms with Crippen molar-refractivity contribution in [3.63, 3.8) is 0 Å². The first-order chi connectivity index (χ1) is 12.5. The predicted octanol–water partition coefficient (Wildman–Crippen LogP) is 1.01. The Kier molecular flexibility index (Phi) is 6.02. The predicted molar refractivity (Wildman–Crippen MR) is 99.9 cm³/mol. The largest absolute Gasteiger partial charge is 0.378 e. The van der Waals surface area contributed by atoms with E-state index in [9.17, 15) is 8.42 Å². The maximum absolute atomic E-state index is 12.2. The summed E-state index contributed by atoms with van der Waals surface area (Å²) in [6.45, 7) is 5.51. The number of hydrogen-bond donors (Lipinski definition) is 2. The van der Waals surface area contributed by atoms with Crippen molar-refractivity contribution in [1.82, 2.24) is 14.7 Å². The summed E-state index contributed by atoms with van der Waals surface area (Å²) in [5.74, 6) is 1.35. The van der Waals surface area contributed by atoms with E-state index >= 15 is 0 Å². The second kappa shape index (κ2) is 8.43. The zero-order chi connectivity index (χ0) is 18.4. The van der Waals surface area contributed by atoms with E-state index in [-0.39, 0.29) is 11.4 Å². The fourth-order valence-corrected chi connectivity index (χ4v) is 3.68. The monoisotopic (exact) mass is 377 g/mol. The molecule has 0 radical (unpaired) electrons. The quantitative estimate of drug-likeness (QED) is 0.695. The number of nitrogens with zero attached hydrogens (tertiary/aromatic N) is 3. The molecule has 1 aliphatic heterocycles. The van der Waals surface area contributed by atoms with Crippen molar-refractivity contribution in [1.29, 1.82) is 0 Å². The molecule has 26 heavy (non-hydrogen) atoms. The lowest BCUT2D eigenvalue weighted by molar-refractivity contribution is 0.122. The number of aromatic nitrogens is 2. The third-order valence-electron chi connectivity index (χ3n) is 3.93. The molecule has 0 unspecified atom stereocenters. The summed E-state index contributed by atoms with van der Waals surface area (Å²) in [5, 5.41) is 3.08. The van der Waals surface area contributed by atoms with Crippen LogP contribution in [0.15, 0.2) is 41.3 Å². The van der Waals surface area contributed by atoms with E-state index in [2.05, 4.69) is 24.9 Å². The number of anilines is 2. The number of benzene rings is 1. The molecule has 1 aromatic carbocycles. The molecule has 0 atom stereocenters. The highest BCUT2D eigenvalue weighted by Crippen LogP contribution is 2.16. The van der Waals surface area contributed by atoms with Gasteiger partial charge in [-0.15, -0.1) is 0 Å². The Bertz CT molecular complexity index is 824. The van der Waals surface area contributed by atoms with Gasteiger partial charge in [-0.25, -0.2) is 18.1 Å². The minimum absolute atomic E-state index is 0.238. The van der Waals surface area contributed by atoms with Crippen molar-refractivity contribution < 1.29 is 13.2 Å². The van der Waals surface area contributed by atoms with Gasteiger partial charge in [-0.1, -0.05) is 18.2 Å². The first-order valence-corrected chi connectivity index (χ1v) is 10.00. The number of hydrogen-bond acceptors (Lipinski definition) is 7. The van der Waals surface area contributed by atoms with Gasteiger partial charge in [-0.2, -0.15) is 4.98 Å². The summed E-state index contributed by atoms with van der Waals surface area (Å²) in [7, 11) is -3.50. The topological polar surface area (TPSA) is 96.5 Å². The number of rotatable bonds is 7. The Morgan fingerprint density at radius 2 is 1.85 bits per heavy atom. The molecule has 0 saturated carbocycles. The summed E-state index contributed by atoms with van der Waals surface area (Å²) >= 11 is 0. The molecule has 140 valence electrons. The van der Waals surface area contributed by atoms with Crippen LogP contribution in [0.3, 0.4) is 0 Å². The van der Waals surface area contributed by atoms with Gasteiger partial charge in [0.2, 0.25) is 16.0 Å². The molecule has 2 heterocycles. The Morgan fingerprint density at radius 3 is 2.58 bits per heavy atom. The van der Waals surface area contributed by atoms with E-state index in [1.54, 1.807) is 30.3 Å². The van der Waals surface area contributed by atoms with Gasteiger partial charge in [0.25, 0.3) is 0 Å². The highest BCUT2D eigenvalue weighted by molar-refractivity contribution is 7.89. The van der Waals surface area contributed by atoms with Crippen molar-refractivity contribution in [2.24, 2.45) is 0 Å². The van der Waals surface area contributed by atoms with Crippen LogP contribution < -0.4 is 14.9 Å². The van der Waals surface area contributed by atoms with Gasteiger partial charge >= 0.3 is 0 Å². The third kappa shape index (κ3) is 4.90. The van der Waals surface area contributed by atoms with Gasteiger partial charge in [0.15, 0.2) is 0 Å². The molecule has 0 spiro atoms. The fraction of sp³-hybridized carbons (Fsp3) is 0.412. The minimum atomic E-state index is -3.50. The van der Waals surface area contributed by atoms with Crippen LogP contribution in [0.25, 0.3) is 0 Å². The van der Waals surface area contributed by atoms with Gasteiger partial charge in [-0.05, 0) is 19.1 Å². The summed E-state index contributed by atoms with van der Waals surface area (Å²) < 4.78 is 32.3. The maximum Gasteiger partial charge on any atom is 0.240 e. The Morgan fingerprint density at radius 1 is 1.12 bits per heavy atom. The highest BCUT2D eigenvalue weighted by Gasteiger charge is 2.15. The van der Waals surface area contributed by atoms with Gasteiger partial charge < -0.3 is 15.0 Å². The molecule has 0 aliphatic carbocycles. The van der Waals surface area contributed by atoms with Gasteiger partial charge in [-0.3, -0.25) is 0 Å². The first-order valence-electron chi connectivity index (χ1n) is 8.51. The summed E-state index contributed by atoms with van der Waals surface area (Å²) in [6.07, 6.45) is 0. The molecule has 0 amide bonds. The maximum atomic E-state index is 12.2. The SMILES string of the molecule is Cc1cc(N2CCOCC2)nc(NCCNS(=O)(=O)c2ccccc2)n1. The van der Waals surface area contributed by atoms with Crippen LogP contribution >= 0.6 is 0 Å². The number of ether oxygens (including phenoxy) is 1. The average Bonchev–Trinajstić information content (AvgIpc) is 2.66. The first kappa shape index (κ1) is 18.6. The molecule has 3 rings (SSSR count). The number of nitrogens with one attached hydrogen (secondary N) is 2. The van der Waals surface area contributed by atoms with E-state index in [1.807, 2.05) is 13.0 Å². The van der Waals surface area contributed by atoms with Crippen LogP contribution in [-0.4, -0.2) is 57.8 Å². The zero-order valence-electron chi connectivity index (χ0n) is 14.7. The minimum Gasteiger partial charge on any atom is -0.378 e. The van der Waals surface area contributed by atoms with E-state index in [0.717, 1.165) is 24.6 Å². The van der Waals surface area contributed by atoms with Gasteiger partial charge in [0.05, 0.1) is 18.1 Å². The Labute approximate surface area is 153 Å². The van der Waals surface area contributed by atoms with E-state index in [4.69, 9.17) is 4.74 Å². The second-order valence-corrected chi connectivity index (χ2v) is 7.70. The molecule has 2 N–H and O–H groups in total. The molecule has 1 fully saturated rings. The average molecular weight is 377 g/mol. The smallest absolute Gasteiger partial charge is 0.240 e. The Hall–Kier alpha value is -2.23. The van der Waals surface area contributed by atoms with Crippen molar-refractivity contribution >= 4 is 21.8 Å². The van der Waals surface area contributed by atoms with E-state index < -0.39 is 10.0 Å². The highest BCUT2D eigenvalue weighted by atomic mass is 32.2. The Balaban J connectivity index is 1.55. The standard InChI is InChI=1S/C17H23N5O3S/c1-14-13-16(22-9-11-25-12-10-22)21-17(20-14)18-7-8-19-26(23,24)15-5-3-2-4-6-15/h2-6,13,19H,7-12H2,1H3,(H,18,20,21). The molecule has 1 saturated heterocycles. The summed E-state index contributed by atoms with van der Waals surface area (Å²) in [4.78, 5) is 11.3. The van der Waals surface area contributed by atoms with Crippen LogP contribution in [-0.2, 0) is 14.8 Å². The zero-order valence-corrected chi connectivity index (χ0v) is 15.5. The van der Waals surface area contributed by atoms with Crippen LogP contribution in [0, 0.1) is 6.92 Å². The van der Waals surface area contributed by atoms with Crippen molar-refractivity contribution in [2.45, 2.75) is 11.8 Å². The van der Waals surface area contributed by atoms with E-state index in [1.165, 1.54) is 0 Å². The molecule has 9 heteroatoms. The molecule has 2 aromatic rings.